The molecule has 24 heavy (non-hydrogen) atoms. The van der Waals surface area contributed by atoms with Crippen molar-refractivity contribution in [3.63, 3.8) is 0 Å². The summed E-state index contributed by atoms with van der Waals surface area (Å²) in [6.07, 6.45) is 1.00. The van der Waals surface area contributed by atoms with E-state index in [4.69, 9.17) is 14.0 Å². The van der Waals surface area contributed by atoms with Gasteiger partial charge in [0.25, 0.3) is 5.91 Å². The van der Waals surface area contributed by atoms with Crippen LogP contribution < -0.4 is 10.1 Å². The van der Waals surface area contributed by atoms with E-state index in [-0.39, 0.29) is 5.91 Å². The lowest BCUT2D eigenvalue weighted by molar-refractivity contribution is 0.0944. The number of rotatable bonds is 6. The molecule has 1 fully saturated rings. The fourth-order valence-corrected chi connectivity index (χ4v) is 2.67. The summed E-state index contributed by atoms with van der Waals surface area (Å²) in [5.74, 6) is 1.71. The van der Waals surface area contributed by atoms with Gasteiger partial charge in [-0.1, -0.05) is 11.2 Å². The second kappa shape index (κ2) is 7.49. The average molecular weight is 330 g/mol. The van der Waals surface area contributed by atoms with Gasteiger partial charge in [-0.25, -0.2) is 0 Å². The van der Waals surface area contributed by atoms with E-state index in [1.807, 2.05) is 26.0 Å². The van der Waals surface area contributed by atoms with E-state index in [1.54, 1.807) is 12.1 Å². The second-order valence-electron chi connectivity index (χ2n) is 6.06. The molecule has 3 rings (SSSR count). The smallest absolute Gasteiger partial charge is 0.251 e. The van der Waals surface area contributed by atoms with Gasteiger partial charge >= 0.3 is 0 Å². The molecule has 1 saturated heterocycles. The van der Waals surface area contributed by atoms with Gasteiger partial charge in [0, 0.05) is 24.6 Å². The Balaban J connectivity index is 1.58. The Morgan fingerprint density at radius 1 is 1.42 bits per heavy atom. The predicted octanol–water partition coefficient (Wildman–Crippen LogP) is 2.64. The summed E-state index contributed by atoms with van der Waals surface area (Å²) in [6.45, 7) is 6.25. The standard InChI is InChI=1S/C18H22N2O4/c1-12-17(13(2)24-20-12)11-23-16-5-3-4-15(8-16)18(21)19-9-14-6-7-22-10-14/h3-5,8,14H,6-7,9-11H2,1-2H3,(H,19,21)/t14-/m0/s1. The van der Waals surface area contributed by atoms with Crippen LogP contribution in [0.4, 0.5) is 0 Å². The molecular weight excluding hydrogens is 308 g/mol. The van der Waals surface area contributed by atoms with Gasteiger partial charge < -0.3 is 19.3 Å². The number of nitrogens with one attached hydrogen (secondary N) is 1. The van der Waals surface area contributed by atoms with Crippen LogP contribution in [0.5, 0.6) is 5.75 Å². The van der Waals surface area contributed by atoms with E-state index in [0.717, 1.165) is 36.7 Å². The molecule has 1 aromatic carbocycles. The van der Waals surface area contributed by atoms with Crippen LogP contribution in [0.1, 0.15) is 33.8 Å². The maximum Gasteiger partial charge on any atom is 0.251 e. The molecule has 6 nitrogen and oxygen atoms in total. The third-order valence-corrected chi connectivity index (χ3v) is 4.24. The molecule has 1 amide bonds. The minimum Gasteiger partial charge on any atom is -0.489 e. The average Bonchev–Trinajstić information content (AvgIpc) is 3.22. The lowest BCUT2D eigenvalue weighted by Gasteiger charge is -2.11. The predicted molar refractivity (Wildman–Crippen MR) is 88.0 cm³/mol. The molecule has 1 atom stereocenters. The topological polar surface area (TPSA) is 73.6 Å². The summed E-state index contributed by atoms with van der Waals surface area (Å²) >= 11 is 0. The van der Waals surface area contributed by atoms with Crippen LogP contribution in [0.15, 0.2) is 28.8 Å². The van der Waals surface area contributed by atoms with Gasteiger partial charge in [-0.15, -0.1) is 0 Å². The fraction of sp³-hybridized carbons (Fsp3) is 0.444. The van der Waals surface area contributed by atoms with Gasteiger partial charge in [-0.3, -0.25) is 4.79 Å². The Morgan fingerprint density at radius 3 is 3.00 bits per heavy atom. The minimum absolute atomic E-state index is 0.0929. The zero-order valence-electron chi connectivity index (χ0n) is 14.0. The highest BCUT2D eigenvalue weighted by atomic mass is 16.5. The van der Waals surface area contributed by atoms with Gasteiger partial charge in [-0.05, 0) is 38.5 Å². The summed E-state index contributed by atoms with van der Waals surface area (Å²) in [5, 5.41) is 6.86. The third-order valence-electron chi connectivity index (χ3n) is 4.24. The van der Waals surface area contributed by atoms with Crippen molar-refractivity contribution in [2.24, 2.45) is 5.92 Å². The van der Waals surface area contributed by atoms with Crippen molar-refractivity contribution in [1.29, 1.82) is 0 Å². The molecule has 1 aliphatic heterocycles. The molecule has 2 aromatic rings. The van der Waals surface area contributed by atoms with E-state index >= 15 is 0 Å². The van der Waals surface area contributed by atoms with Crippen molar-refractivity contribution in [2.45, 2.75) is 26.9 Å². The van der Waals surface area contributed by atoms with E-state index in [2.05, 4.69) is 10.5 Å². The van der Waals surface area contributed by atoms with Crippen molar-refractivity contribution in [3.8, 4) is 5.75 Å². The van der Waals surface area contributed by atoms with E-state index in [1.165, 1.54) is 0 Å². The quantitative estimate of drug-likeness (QED) is 0.881. The van der Waals surface area contributed by atoms with Gasteiger partial charge in [0.1, 0.15) is 18.1 Å². The van der Waals surface area contributed by atoms with Crippen LogP contribution in [-0.4, -0.2) is 30.8 Å². The number of ether oxygens (including phenoxy) is 2. The highest BCUT2D eigenvalue weighted by Crippen LogP contribution is 2.19. The summed E-state index contributed by atoms with van der Waals surface area (Å²) < 4.78 is 16.2. The van der Waals surface area contributed by atoms with Crippen molar-refractivity contribution in [3.05, 3.63) is 46.8 Å². The van der Waals surface area contributed by atoms with Gasteiger partial charge in [-0.2, -0.15) is 0 Å². The highest BCUT2D eigenvalue weighted by molar-refractivity contribution is 5.94. The molecule has 1 aromatic heterocycles. The number of aryl methyl sites for hydroxylation is 2. The van der Waals surface area contributed by atoms with E-state index in [9.17, 15) is 4.79 Å². The van der Waals surface area contributed by atoms with Crippen LogP contribution in [0.3, 0.4) is 0 Å². The lowest BCUT2D eigenvalue weighted by atomic mass is 10.1. The SMILES string of the molecule is Cc1noc(C)c1COc1cccc(C(=O)NC[C@@H]2CCOC2)c1. The number of benzene rings is 1. The maximum absolute atomic E-state index is 12.3. The highest BCUT2D eigenvalue weighted by Gasteiger charge is 2.17. The number of hydrogen-bond donors (Lipinski definition) is 1. The van der Waals surface area contributed by atoms with Crippen molar-refractivity contribution < 1.29 is 18.8 Å². The number of carbonyl (C=O) groups is 1. The Hall–Kier alpha value is -2.34. The van der Waals surface area contributed by atoms with Gasteiger partial charge in [0.15, 0.2) is 0 Å². The number of hydrogen-bond acceptors (Lipinski definition) is 5. The van der Waals surface area contributed by atoms with Crippen molar-refractivity contribution >= 4 is 5.91 Å². The maximum atomic E-state index is 12.3. The van der Waals surface area contributed by atoms with Crippen molar-refractivity contribution in [2.75, 3.05) is 19.8 Å². The molecule has 0 bridgehead atoms. The first-order chi connectivity index (χ1) is 11.6. The minimum atomic E-state index is -0.0929. The Labute approximate surface area is 141 Å². The Morgan fingerprint density at radius 2 is 2.29 bits per heavy atom. The molecule has 128 valence electrons. The monoisotopic (exact) mass is 330 g/mol. The summed E-state index contributed by atoms with van der Waals surface area (Å²) in [4.78, 5) is 12.3. The molecular formula is C18H22N2O4. The largest absolute Gasteiger partial charge is 0.489 e. The molecule has 1 N–H and O–H groups in total. The molecule has 0 aliphatic carbocycles. The van der Waals surface area contributed by atoms with Gasteiger partial charge in [0.05, 0.1) is 17.9 Å². The molecule has 0 spiro atoms. The summed E-state index contributed by atoms with van der Waals surface area (Å²) in [5.41, 5.74) is 2.34. The molecule has 6 heteroatoms. The van der Waals surface area contributed by atoms with Crippen LogP contribution in [0.25, 0.3) is 0 Å². The lowest BCUT2D eigenvalue weighted by Crippen LogP contribution is -2.29. The third kappa shape index (κ3) is 3.94. The number of amides is 1. The van der Waals surface area contributed by atoms with Crippen molar-refractivity contribution in [1.82, 2.24) is 10.5 Å². The second-order valence-corrected chi connectivity index (χ2v) is 6.06. The number of carbonyl (C=O) groups excluding carboxylic acids is 1. The van der Waals surface area contributed by atoms with Crippen LogP contribution in [0.2, 0.25) is 0 Å². The fourth-order valence-electron chi connectivity index (χ4n) is 2.67. The first-order valence-electron chi connectivity index (χ1n) is 8.14. The Bertz CT molecular complexity index is 685. The molecule has 0 saturated carbocycles. The summed E-state index contributed by atoms with van der Waals surface area (Å²) in [7, 11) is 0. The van der Waals surface area contributed by atoms with Gasteiger partial charge in [0.2, 0.25) is 0 Å². The van der Waals surface area contributed by atoms with E-state index in [0.29, 0.717) is 30.4 Å². The Kier molecular flexibility index (Phi) is 5.15. The first kappa shape index (κ1) is 16.5. The van der Waals surface area contributed by atoms with Crippen LogP contribution in [-0.2, 0) is 11.3 Å². The van der Waals surface area contributed by atoms with E-state index < -0.39 is 0 Å². The molecule has 0 unspecified atom stereocenters. The molecule has 0 radical (unpaired) electrons. The summed E-state index contributed by atoms with van der Waals surface area (Å²) in [6, 6.07) is 7.18. The first-order valence-corrected chi connectivity index (χ1v) is 8.14. The number of nitrogens with zero attached hydrogens (tertiary/aromatic N) is 1. The molecule has 2 heterocycles. The zero-order valence-corrected chi connectivity index (χ0v) is 14.0. The van der Waals surface area contributed by atoms with Crippen LogP contribution >= 0.6 is 0 Å². The molecule has 1 aliphatic rings. The normalized spacial score (nSPS) is 17.0. The zero-order chi connectivity index (χ0) is 16.9. The number of aromatic nitrogens is 1. The van der Waals surface area contributed by atoms with Crippen LogP contribution in [0, 0.1) is 19.8 Å².